The van der Waals surface area contributed by atoms with Gasteiger partial charge in [0.05, 0.1) is 5.76 Å². The van der Waals surface area contributed by atoms with Crippen LogP contribution in [0.3, 0.4) is 0 Å². The number of allylic oxidation sites excluding steroid dienone is 2. The Kier molecular flexibility index (Phi) is 8.51. The molecule has 0 heterocycles. The van der Waals surface area contributed by atoms with E-state index in [9.17, 15) is 0 Å². The number of hydrogen-bond donors (Lipinski definition) is 0. The average molecular weight is 365 g/mol. The van der Waals surface area contributed by atoms with E-state index in [1.807, 2.05) is 0 Å². The third-order valence-electron chi connectivity index (χ3n) is 6.62. The van der Waals surface area contributed by atoms with E-state index < -0.39 is 8.32 Å². The van der Waals surface area contributed by atoms with Crippen molar-refractivity contribution in [2.75, 3.05) is 0 Å². The minimum Gasteiger partial charge on any atom is -0.545 e. The van der Waals surface area contributed by atoms with Gasteiger partial charge in [-0.1, -0.05) is 79.9 Å². The fourth-order valence-corrected chi connectivity index (χ4v) is 10.3. The van der Waals surface area contributed by atoms with Gasteiger partial charge in [0.2, 0.25) is 0 Å². The lowest BCUT2D eigenvalue weighted by atomic mass is 9.79. The molecule has 0 N–H and O–H groups in total. The van der Waals surface area contributed by atoms with Gasteiger partial charge in [0.25, 0.3) is 8.32 Å². The van der Waals surface area contributed by atoms with Gasteiger partial charge >= 0.3 is 0 Å². The molecule has 0 radical (unpaired) electrons. The van der Waals surface area contributed by atoms with Crippen LogP contribution in [0.25, 0.3) is 0 Å². The van der Waals surface area contributed by atoms with Crippen molar-refractivity contribution in [1.29, 1.82) is 0 Å². The first-order valence-corrected chi connectivity index (χ1v) is 12.8. The van der Waals surface area contributed by atoms with Crippen molar-refractivity contribution in [3.8, 4) is 0 Å². The second-order valence-corrected chi connectivity index (χ2v) is 14.6. The molecular weight excluding hydrogens is 320 g/mol. The lowest BCUT2D eigenvalue weighted by Gasteiger charge is -2.45. The van der Waals surface area contributed by atoms with E-state index in [1.54, 1.807) is 0 Å². The highest BCUT2D eigenvalue weighted by atomic mass is 28.4. The number of hydrogen-bond acceptors (Lipinski definition) is 1. The third kappa shape index (κ3) is 4.81. The summed E-state index contributed by atoms with van der Waals surface area (Å²) >= 11 is 0. The first kappa shape index (κ1) is 22.5. The molecule has 0 fully saturated rings. The molecule has 0 saturated carbocycles. The summed E-state index contributed by atoms with van der Waals surface area (Å²) in [6.45, 7) is 23.4. The normalized spacial score (nSPS) is 21.3. The summed E-state index contributed by atoms with van der Waals surface area (Å²) in [6, 6.07) is 0. The van der Waals surface area contributed by atoms with Gasteiger partial charge in [0, 0.05) is 5.41 Å². The highest BCUT2D eigenvalue weighted by molar-refractivity contribution is 6.77. The largest absolute Gasteiger partial charge is 0.545 e. The molecule has 1 rings (SSSR count). The van der Waals surface area contributed by atoms with E-state index >= 15 is 0 Å². The summed E-state index contributed by atoms with van der Waals surface area (Å²) in [5.74, 6) is 1.26. The molecule has 1 atom stereocenters. The summed E-state index contributed by atoms with van der Waals surface area (Å²) in [5, 5.41) is 0. The van der Waals surface area contributed by atoms with Gasteiger partial charge in [0.15, 0.2) is 0 Å². The quantitative estimate of drug-likeness (QED) is 0.203. The molecule has 1 unspecified atom stereocenters. The van der Waals surface area contributed by atoms with E-state index in [-0.39, 0.29) is 5.41 Å². The van der Waals surface area contributed by atoms with Gasteiger partial charge in [-0.05, 0) is 55.3 Å². The van der Waals surface area contributed by atoms with Crippen LogP contribution in [-0.2, 0) is 4.43 Å². The molecule has 0 aromatic rings. The first-order chi connectivity index (χ1) is 11.6. The summed E-state index contributed by atoms with van der Waals surface area (Å²) in [6.07, 6.45) is 11.1. The van der Waals surface area contributed by atoms with E-state index in [4.69, 9.17) is 4.43 Å². The van der Waals surface area contributed by atoms with Crippen LogP contribution < -0.4 is 0 Å². The molecule has 0 saturated heterocycles. The highest BCUT2D eigenvalue weighted by Gasteiger charge is 2.50. The third-order valence-corrected chi connectivity index (χ3v) is 12.6. The Morgan fingerprint density at radius 1 is 1.08 bits per heavy atom. The van der Waals surface area contributed by atoms with Crippen molar-refractivity contribution in [1.82, 2.24) is 0 Å². The van der Waals surface area contributed by atoms with Crippen LogP contribution in [0.2, 0.25) is 16.6 Å². The Morgan fingerprint density at radius 3 is 2.12 bits per heavy atom. The van der Waals surface area contributed by atoms with Gasteiger partial charge in [-0.2, -0.15) is 0 Å². The van der Waals surface area contributed by atoms with Gasteiger partial charge in [-0.25, -0.2) is 0 Å². The highest BCUT2D eigenvalue weighted by Crippen LogP contribution is 2.51. The van der Waals surface area contributed by atoms with Crippen molar-refractivity contribution in [2.45, 2.75) is 117 Å². The summed E-state index contributed by atoms with van der Waals surface area (Å²) in [7, 11) is -1.88. The second kappa shape index (κ2) is 9.44. The summed E-state index contributed by atoms with van der Waals surface area (Å²) < 4.78 is 7.09. The van der Waals surface area contributed by atoms with Crippen LogP contribution in [0.1, 0.15) is 100 Å². The SMILES string of the molecule is C=C(CCCCCC)C1(C)CCC=C1O[Si](C(C)C)(C(C)C)C(C)C. The fraction of sp³-hybridized carbons (Fsp3) is 0.826. The Balaban J connectivity index is 2.96. The molecule has 2 heteroatoms. The number of rotatable bonds is 11. The minimum absolute atomic E-state index is 0.0587. The fourth-order valence-electron chi connectivity index (χ4n) is 4.93. The molecule has 1 aliphatic carbocycles. The lowest BCUT2D eigenvalue weighted by molar-refractivity contribution is 0.268. The Bertz CT molecular complexity index is 439. The van der Waals surface area contributed by atoms with Gasteiger partial charge in [-0.3, -0.25) is 0 Å². The predicted octanol–water partition coefficient (Wildman–Crippen LogP) is 8.39. The zero-order valence-corrected chi connectivity index (χ0v) is 19.4. The average Bonchev–Trinajstić information content (AvgIpc) is 2.89. The maximum Gasteiger partial charge on any atom is 0.258 e. The molecular formula is C23H44OSi. The van der Waals surface area contributed by atoms with E-state index in [2.05, 4.69) is 68.0 Å². The smallest absolute Gasteiger partial charge is 0.258 e. The van der Waals surface area contributed by atoms with Gasteiger partial charge in [0.1, 0.15) is 0 Å². The molecule has 0 aromatic heterocycles. The van der Waals surface area contributed by atoms with Crippen LogP contribution in [0.5, 0.6) is 0 Å². The monoisotopic (exact) mass is 364 g/mol. The maximum atomic E-state index is 7.09. The van der Waals surface area contributed by atoms with Crippen molar-refractivity contribution in [3.63, 3.8) is 0 Å². The van der Waals surface area contributed by atoms with Crippen molar-refractivity contribution < 1.29 is 4.43 Å². The van der Waals surface area contributed by atoms with Crippen molar-refractivity contribution in [3.05, 3.63) is 24.0 Å². The Labute approximate surface area is 159 Å². The standard InChI is InChI=1S/C23H44OSi/c1-10-11-12-13-15-21(8)23(9)17-14-16-22(23)24-25(18(2)3,19(4)5)20(6)7/h16,18-20H,8,10-15,17H2,1-7,9H3. The van der Waals surface area contributed by atoms with Crippen LogP contribution in [-0.4, -0.2) is 8.32 Å². The van der Waals surface area contributed by atoms with Crippen LogP contribution in [0.4, 0.5) is 0 Å². The Morgan fingerprint density at radius 2 is 1.64 bits per heavy atom. The van der Waals surface area contributed by atoms with E-state index in [0.717, 1.165) is 12.8 Å². The van der Waals surface area contributed by atoms with Crippen LogP contribution in [0.15, 0.2) is 24.0 Å². The maximum absolute atomic E-state index is 7.09. The Hall–Kier alpha value is -0.503. The molecule has 0 spiro atoms. The molecule has 0 amide bonds. The minimum atomic E-state index is -1.88. The number of unbranched alkanes of at least 4 members (excludes halogenated alkanes) is 3. The molecule has 1 nitrogen and oxygen atoms in total. The molecule has 146 valence electrons. The molecule has 0 aliphatic heterocycles. The molecule has 0 bridgehead atoms. The zero-order chi connectivity index (χ0) is 19.3. The van der Waals surface area contributed by atoms with E-state index in [0.29, 0.717) is 16.6 Å². The summed E-state index contributed by atoms with van der Waals surface area (Å²) in [5.41, 5.74) is 3.32. The van der Waals surface area contributed by atoms with Crippen LogP contribution in [0, 0.1) is 5.41 Å². The molecule has 25 heavy (non-hydrogen) atoms. The van der Waals surface area contributed by atoms with Gasteiger partial charge < -0.3 is 4.43 Å². The summed E-state index contributed by atoms with van der Waals surface area (Å²) in [4.78, 5) is 0. The van der Waals surface area contributed by atoms with E-state index in [1.165, 1.54) is 43.4 Å². The second-order valence-electron chi connectivity index (χ2n) is 9.27. The molecule has 0 aromatic carbocycles. The van der Waals surface area contributed by atoms with Crippen molar-refractivity contribution >= 4 is 8.32 Å². The topological polar surface area (TPSA) is 9.23 Å². The van der Waals surface area contributed by atoms with Crippen LogP contribution >= 0.6 is 0 Å². The van der Waals surface area contributed by atoms with Crippen molar-refractivity contribution in [2.24, 2.45) is 5.41 Å². The first-order valence-electron chi connectivity index (χ1n) is 10.7. The predicted molar refractivity (Wildman–Crippen MR) is 115 cm³/mol. The molecule has 1 aliphatic rings. The lowest BCUT2D eigenvalue weighted by Crippen LogP contribution is -2.48. The van der Waals surface area contributed by atoms with Gasteiger partial charge in [-0.15, -0.1) is 0 Å². The zero-order valence-electron chi connectivity index (χ0n) is 18.4.